The molecule has 0 unspecified atom stereocenters. The molecule has 1 fully saturated rings. The van der Waals surface area contributed by atoms with E-state index in [4.69, 9.17) is 11.6 Å². The minimum atomic E-state index is -0.121. The zero-order valence-corrected chi connectivity index (χ0v) is 13.6. The summed E-state index contributed by atoms with van der Waals surface area (Å²) >= 11 is 7.66. The molecule has 110 valence electrons. The summed E-state index contributed by atoms with van der Waals surface area (Å²) in [4.78, 5) is 13.3. The lowest BCUT2D eigenvalue weighted by molar-refractivity contribution is -0.121. The molecule has 0 aliphatic heterocycles. The quantitative estimate of drug-likeness (QED) is 0.829. The van der Waals surface area contributed by atoms with E-state index in [0.29, 0.717) is 17.0 Å². The smallest absolute Gasteiger partial charge is 0.233 e. The maximum Gasteiger partial charge on any atom is 0.233 e. The first-order valence-electron chi connectivity index (χ1n) is 7.29. The van der Waals surface area contributed by atoms with Crippen LogP contribution in [-0.4, -0.2) is 17.2 Å². The maximum absolute atomic E-state index is 12.3. The summed E-state index contributed by atoms with van der Waals surface area (Å²) in [6, 6.07) is 8.01. The zero-order chi connectivity index (χ0) is 14.5. The molecule has 1 N–H and O–H groups in total. The predicted molar refractivity (Wildman–Crippen MR) is 86.3 cm³/mol. The molecule has 0 bridgehead atoms. The largest absolute Gasteiger partial charge is 0.352 e. The molecule has 1 aliphatic rings. The molecule has 1 aliphatic carbocycles. The van der Waals surface area contributed by atoms with Gasteiger partial charge in [-0.3, -0.25) is 4.79 Å². The number of carbonyl (C=O) groups is 1. The minimum absolute atomic E-state index is 0.119. The fourth-order valence-corrected chi connectivity index (χ4v) is 3.78. The number of halogens is 1. The van der Waals surface area contributed by atoms with Crippen molar-refractivity contribution in [1.29, 1.82) is 0 Å². The van der Waals surface area contributed by atoms with Crippen molar-refractivity contribution < 1.29 is 4.79 Å². The SMILES string of the molecule is C[C@@H]1CCCC[C@@H]1NC(=O)[C@@H](C)Sc1ccccc1Cl. The van der Waals surface area contributed by atoms with Crippen LogP contribution in [0.1, 0.15) is 39.5 Å². The zero-order valence-electron chi connectivity index (χ0n) is 12.1. The van der Waals surface area contributed by atoms with Gasteiger partial charge in [0.2, 0.25) is 5.91 Å². The summed E-state index contributed by atoms with van der Waals surface area (Å²) in [5.74, 6) is 0.707. The summed E-state index contributed by atoms with van der Waals surface area (Å²) in [6.45, 7) is 4.17. The van der Waals surface area contributed by atoms with Gasteiger partial charge in [0.05, 0.1) is 10.3 Å². The third-order valence-electron chi connectivity index (χ3n) is 3.95. The number of rotatable bonds is 4. The molecule has 1 aromatic rings. The fourth-order valence-electron chi connectivity index (χ4n) is 2.62. The van der Waals surface area contributed by atoms with Crippen molar-refractivity contribution in [2.24, 2.45) is 5.92 Å². The number of hydrogen-bond donors (Lipinski definition) is 1. The van der Waals surface area contributed by atoms with Crippen molar-refractivity contribution in [3.8, 4) is 0 Å². The van der Waals surface area contributed by atoms with Crippen LogP contribution in [0.5, 0.6) is 0 Å². The Morgan fingerprint density at radius 1 is 1.35 bits per heavy atom. The van der Waals surface area contributed by atoms with Gasteiger partial charge in [0.1, 0.15) is 0 Å². The maximum atomic E-state index is 12.3. The second kappa shape index (κ2) is 7.37. The van der Waals surface area contributed by atoms with E-state index in [9.17, 15) is 4.79 Å². The van der Waals surface area contributed by atoms with E-state index in [2.05, 4.69) is 12.2 Å². The second-order valence-electron chi connectivity index (χ2n) is 5.57. The van der Waals surface area contributed by atoms with Crippen molar-refractivity contribution >= 4 is 29.3 Å². The molecular formula is C16H22ClNOS. The Labute approximate surface area is 130 Å². The van der Waals surface area contributed by atoms with Crippen molar-refractivity contribution in [2.75, 3.05) is 0 Å². The topological polar surface area (TPSA) is 29.1 Å². The first-order valence-corrected chi connectivity index (χ1v) is 8.55. The van der Waals surface area contributed by atoms with Crippen molar-refractivity contribution in [3.05, 3.63) is 29.3 Å². The summed E-state index contributed by atoms with van der Waals surface area (Å²) in [5, 5.41) is 3.80. The molecule has 20 heavy (non-hydrogen) atoms. The first kappa shape index (κ1) is 15.7. The molecule has 2 nitrogen and oxygen atoms in total. The Morgan fingerprint density at radius 3 is 2.75 bits per heavy atom. The minimum Gasteiger partial charge on any atom is -0.352 e. The Hall–Kier alpha value is -0.670. The molecule has 1 amide bonds. The molecule has 1 saturated carbocycles. The van der Waals surface area contributed by atoms with Crippen molar-refractivity contribution in [1.82, 2.24) is 5.32 Å². The number of nitrogens with one attached hydrogen (secondary N) is 1. The number of hydrogen-bond acceptors (Lipinski definition) is 2. The number of amides is 1. The van der Waals surface area contributed by atoms with Crippen molar-refractivity contribution in [3.63, 3.8) is 0 Å². The van der Waals surface area contributed by atoms with E-state index in [1.54, 1.807) is 0 Å². The van der Waals surface area contributed by atoms with Crippen LogP contribution in [0.15, 0.2) is 29.2 Å². The monoisotopic (exact) mass is 311 g/mol. The van der Waals surface area contributed by atoms with Crippen LogP contribution in [0.4, 0.5) is 0 Å². The van der Waals surface area contributed by atoms with Gasteiger partial charge in [0.25, 0.3) is 0 Å². The predicted octanol–water partition coefficient (Wildman–Crippen LogP) is 4.52. The highest BCUT2D eigenvalue weighted by molar-refractivity contribution is 8.00. The van der Waals surface area contributed by atoms with Crippen LogP contribution in [-0.2, 0) is 4.79 Å². The van der Waals surface area contributed by atoms with Crippen LogP contribution in [0.3, 0.4) is 0 Å². The molecule has 1 aromatic carbocycles. The van der Waals surface area contributed by atoms with Gasteiger partial charge in [0.15, 0.2) is 0 Å². The van der Waals surface area contributed by atoms with Gasteiger partial charge in [0, 0.05) is 10.9 Å². The lowest BCUT2D eigenvalue weighted by Crippen LogP contribution is -2.44. The van der Waals surface area contributed by atoms with Gasteiger partial charge in [-0.2, -0.15) is 0 Å². The lowest BCUT2D eigenvalue weighted by Gasteiger charge is -2.30. The highest BCUT2D eigenvalue weighted by atomic mass is 35.5. The molecule has 2 rings (SSSR count). The summed E-state index contributed by atoms with van der Waals surface area (Å²) in [7, 11) is 0. The van der Waals surface area contributed by atoms with E-state index in [1.165, 1.54) is 31.0 Å². The highest BCUT2D eigenvalue weighted by Gasteiger charge is 2.25. The number of benzene rings is 1. The number of thioether (sulfide) groups is 1. The average Bonchev–Trinajstić information content (AvgIpc) is 2.43. The standard InChI is InChI=1S/C16H22ClNOS/c1-11-7-3-5-9-14(11)18-16(19)12(2)20-15-10-6-4-8-13(15)17/h4,6,8,10-12,14H,3,5,7,9H2,1-2H3,(H,18,19)/t11-,12-,14+/m1/s1. The van der Waals surface area contributed by atoms with Gasteiger partial charge in [-0.1, -0.05) is 43.5 Å². The molecule has 0 spiro atoms. The molecular weight excluding hydrogens is 290 g/mol. The van der Waals surface area contributed by atoms with Gasteiger partial charge in [-0.15, -0.1) is 11.8 Å². The molecule has 3 atom stereocenters. The molecule has 0 aromatic heterocycles. The van der Waals surface area contributed by atoms with E-state index in [-0.39, 0.29) is 11.2 Å². The van der Waals surface area contributed by atoms with E-state index >= 15 is 0 Å². The Morgan fingerprint density at radius 2 is 2.05 bits per heavy atom. The van der Waals surface area contributed by atoms with Crippen LogP contribution in [0, 0.1) is 5.92 Å². The first-order chi connectivity index (χ1) is 9.58. The van der Waals surface area contributed by atoms with E-state index in [0.717, 1.165) is 11.3 Å². The number of carbonyl (C=O) groups excluding carboxylic acids is 1. The third-order valence-corrected chi connectivity index (χ3v) is 5.57. The molecule has 4 heteroatoms. The van der Waals surface area contributed by atoms with Crippen LogP contribution < -0.4 is 5.32 Å². The van der Waals surface area contributed by atoms with Crippen LogP contribution in [0.2, 0.25) is 5.02 Å². The van der Waals surface area contributed by atoms with Crippen molar-refractivity contribution in [2.45, 2.75) is 55.7 Å². The lowest BCUT2D eigenvalue weighted by atomic mass is 9.86. The Bertz CT molecular complexity index is 466. The highest BCUT2D eigenvalue weighted by Crippen LogP contribution is 2.30. The summed E-state index contributed by atoms with van der Waals surface area (Å²) < 4.78 is 0. The Kier molecular flexibility index (Phi) is 5.79. The molecule has 0 saturated heterocycles. The van der Waals surface area contributed by atoms with Gasteiger partial charge < -0.3 is 5.32 Å². The fraction of sp³-hybridized carbons (Fsp3) is 0.562. The van der Waals surface area contributed by atoms with E-state index in [1.807, 2.05) is 31.2 Å². The Balaban J connectivity index is 1.90. The normalized spacial score (nSPS) is 24.1. The summed E-state index contributed by atoms with van der Waals surface area (Å²) in [6.07, 6.45) is 4.84. The van der Waals surface area contributed by atoms with Crippen LogP contribution in [0.25, 0.3) is 0 Å². The van der Waals surface area contributed by atoms with Gasteiger partial charge >= 0.3 is 0 Å². The van der Waals surface area contributed by atoms with Crippen LogP contribution >= 0.6 is 23.4 Å². The van der Waals surface area contributed by atoms with E-state index < -0.39 is 0 Å². The average molecular weight is 312 g/mol. The van der Waals surface area contributed by atoms with Gasteiger partial charge in [-0.05, 0) is 37.8 Å². The second-order valence-corrected chi connectivity index (χ2v) is 7.36. The third kappa shape index (κ3) is 4.16. The molecule has 0 heterocycles. The molecule has 0 radical (unpaired) electrons. The summed E-state index contributed by atoms with van der Waals surface area (Å²) in [5.41, 5.74) is 0. The van der Waals surface area contributed by atoms with Gasteiger partial charge in [-0.25, -0.2) is 0 Å².